The number of hydrogen-bond donors (Lipinski definition) is 3. The zero-order valence-electron chi connectivity index (χ0n) is 22.4. The number of benzene rings is 1. The van der Waals surface area contributed by atoms with Gasteiger partial charge in [0, 0.05) is 44.0 Å². The van der Waals surface area contributed by atoms with Crippen molar-refractivity contribution >= 4 is 11.5 Å². The van der Waals surface area contributed by atoms with Crippen LogP contribution in [0.5, 0.6) is 0 Å². The van der Waals surface area contributed by atoms with Gasteiger partial charge in [-0.3, -0.25) is 4.68 Å². The van der Waals surface area contributed by atoms with Crippen LogP contribution in [0, 0.1) is 0 Å². The van der Waals surface area contributed by atoms with Crippen molar-refractivity contribution in [2.45, 2.75) is 45.7 Å². The predicted octanol–water partition coefficient (Wildman–Crippen LogP) is 3.16. The fraction of sp³-hybridized carbons (Fsp3) is 0.345. The molecule has 0 saturated carbocycles. The van der Waals surface area contributed by atoms with Gasteiger partial charge in [-0.05, 0) is 49.0 Å². The van der Waals surface area contributed by atoms with Crippen molar-refractivity contribution in [2.75, 3.05) is 19.4 Å². The van der Waals surface area contributed by atoms with Crippen LogP contribution in [-0.4, -0.2) is 45.0 Å². The molecule has 37 heavy (non-hydrogen) atoms. The quantitative estimate of drug-likeness (QED) is 0.415. The zero-order chi connectivity index (χ0) is 25.9. The Morgan fingerprint density at radius 1 is 1.27 bits per heavy atom. The van der Waals surface area contributed by atoms with Crippen molar-refractivity contribution in [1.82, 2.24) is 30.2 Å². The van der Waals surface area contributed by atoms with Gasteiger partial charge in [-0.15, -0.1) is 0 Å². The number of fused-ring (bicyclic) bond motifs is 3. The molecule has 0 amide bonds. The molecule has 8 nitrogen and oxygen atoms in total. The summed E-state index contributed by atoms with van der Waals surface area (Å²) in [7, 11) is 6.08. The number of hydrazine groups is 1. The molecule has 0 bridgehead atoms. The summed E-state index contributed by atoms with van der Waals surface area (Å²) in [6, 6.07) is 8.86. The summed E-state index contributed by atoms with van der Waals surface area (Å²) in [4.78, 5) is 9.58. The van der Waals surface area contributed by atoms with Crippen molar-refractivity contribution in [3.8, 4) is 11.3 Å². The molecule has 8 heteroatoms. The molecule has 192 valence electrons. The summed E-state index contributed by atoms with van der Waals surface area (Å²) in [6.07, 6.45) is 14.1. The molecule has 1 aliphatic heterocycles. The molecule has 2 aliphatic rings. The maximum atomic E-state index is 4.98. The molecule has 4 N–H and O–H groups in total. The van der Waals surface area contributed by atoms with Crippen LogP contribution in [0.1, 0.15) is 48.3 Å². The van der Waals surface area contributed by atoms with Gasteiger partial charge in [-0.25, -0.2) is 15.4 Å². The van der Waals surface area contributed by atoms with Crippen LogP contribution in [0.15, 0.2) is 60.6 Å². The summed E-state index contributed by atoms with van der Waals surface area (Å²) >= 11 is 0. The third kappa shape index (κ3) is 5.35. The average molecular weight is 498 g/mol. The predicted molar refractivity (Wildman–Crippen MR) is 148 cm³/mol. The lowest BCUT2D eigenvalue weighted by molar-refractivity contribution is -0.555. The van der Waals surface area contributed by atoms with E-state index in [1.807, 2.05) is 42.3 Å². The molecule has 0 fully saturated rings. The molecule has 1 aliphatic carbocycles. The molecular weight excluding hydrogens is 460 g/mol. The Kier molecular flexibility index (Phi) is 7.21. The van der Waals surface area contributed by atoms with Gasteiger partial charge in [-0.2, -0.15) is 5.10 Å². The van der Waals surface area contributed by atoms with Crippen LogP contribution >= 0.6 is 0 Å². The Labute approximate surface area is 219 Å². The number of allylic oxidation sites excluding steroid dienone is 3. The highest BCUT2D eigenvalue weighted by atomic mass is 15.5. The lowest BCUT2D eigenvalue weighted by Crippen LogP contribution is -2.72. The Hall–Kier alpha value is -3.75. The van der Waals surface area contributed by atoms with Crippen molar-refractivity contribution in [1.29, 1.82) is 0 Å². The fourth-order valence-electron chi connectivity index (χ4n) is 4.97. The zero-order valence-corrected chi connectivity index (χ0v) is 22.4. The summed E-state index contributed by atoms with van der Waals surface area (Å²) in [5.74, 6) is 0.615. The number of nitrogens with two attached hydrogens (primary N) is 1. The Bertz CT molecular complexity index is 1380. The van der Waals surface area contributed by atoms with E-state index in [9.17, 15) is 0 Å². The molecule has 1 unspecified atom stereocenters. The molecular formula is C29H37N8+. The maximum Gasteiger partial charge on any atom is 0.224 e. The minimum absolute atomic E-state index is 0.0322. The second-order valence-corrected chi connectivity index (χ2v) is 9.84. The Morgan fingerprint density at radius 3 is 2.89 bits per heavy atom. The van der Waals surface area contributed by atoms with E-state index in [1.165, 1.54) is 33.5 Å². The van der Waals surface area contributed by atoms with E-state index in [1.54, 1.807) is 0 Å². The molecule has 1 atom stereocenters. The van der Waals surface area contributed by atoms with Gasteiger partial charge in [0.15, 0.2) is 0 Å². The molecule has 3 aromatic rings. The number of quaternary nitrogens is 1. The molecule has 2 aromatic heterocycles. The van der Waals surface area contributed by atoms with Gasteiger partial charge in [0.25, 0.3) is 0 Å². The number of rotatable bonds is 8. The molecule has 0 spiro atoms. The van der Waals surface area contributed by atoms with Gasteiger partial charge >= 0.3 is 0 Å². The van der Waals surface area contributed by atoms with Gasteiger partial charge in [0.05, 0.1) is 24.1 Å². The summed E-state index contributed by atoms with van der Waals surface area (Å²) in [6.45, 7) is 4.39. The first kappa shape index (κ1) is 24.9. The summed E-state index contributed by atoms with van der Waals surface area (Å²) in [5.41, 5.74) is 14.0. The number of aryl methyl sites for hydroxylation is 3. The number of nitrogens with one attached hydrogen (secondary N) is 2. The molecule has 0 radical (unpaired) electrons. The van der Waals surface area contributed by atoms with Crippen molar-refractivity contribution in [3.05, 3.63) is 88.7 Å². The minimum Gasteiger partial charge on any atom is -0.334 e. The Balaban J connectivity index is 1.47. The lowest BCUT2D eigenvalue weighted by atomic mass is 9.91. The molecule has 3 heterocycles. The number of hydrogen-bond acceptors (Lipinski definition) is 6. The van der Waals surface area contributed by atoms with Crippen LogP contribution in [0.25, 0.3) is 16.8 Å². The highest BCUT2D eigenvalue weighted by Crippen LogP contribution is 2.36. The number of aromatic nitrogens is 4. The van der Waals surface area contributed by atoms with Crippen LogP contribution in [0.4, 0.5) is 5.95 Å². The van der Waals surface area contributed by atoms with Crippen LogP contribution in [0.2, 0.25) is 0 Å². The average Bonchev–Trinajstić information content (AvgIpc) is 3.45. The number of anilines is 1. The van der Waals surface area contributed by atoms with Gasteiger partial charge in [0.2, 0.25) is 5.95 Å². The first-order valence-corrected chi connectivity index (χ1v) is 13.1. The van der Waals surface area contributed by atoms with E-state index in [0.29, 0.717) is 5.95 Å². The highest BCUT2D eigenvalue weighted by Gasteiger charge is 2.27. The van der Waals surface area contributed by atoms with E-state index in [0.717, 1.165) is 42.6 Å². The lowest BCUT2D eigenvalue weighted by Gasteiger charge is -2.19. The van der Waals surface area contributed by atoms with Crippen LogP contribution in [0.3, 0.4) is 0 Å². The van der Waals surface area contributed by atoms with E-state index in [-0.39, 0.29) is 6.17 Å². The van der Waals surface area contributed by atoms with Crippen molar-refractivity contribution < 1.29 is 5.32 Å². The van der Waals surface area contributed by atoms with Crippen molar-refractivity contribution in [3.63, 3.8) is 0 Å². The monoisotopic (exact) mass is 497 g/mol. The molecule has 0 saturated heterocycles. The smallest absolute Gasteiger partial charge is 0.224 e. The van der Waals surface area contributed by atoms with Gasteiger partial charge in [0.1, 0.15) is 12.4 Å². The maximum absolute atomic E-state index is 4.98. The topological polar surface area (TPSA) is 87.5 Å². The highest BCUT2D eigenvalue weighted by molar-refractivity contribution is 5.75. The normalized spacial score (nSPS) is 17.2. The number of nitrogens with zero attached hydrogens (tertiary/aromatic N) is 5. The van der Waals surface area contributed by atoms with E-state index in [4.69, 9.17) is 10.1 Å². The largest absolute Gasteiger partial charge is 0.334 e. The van der Waals surface area contributed by atoms with Gasteiger partial charge < -0.3 is 15.6 Å². The fourth-order valence-corrected chi connectivity index (χ4v) is 4.97. The Morgan fingerprint density at radius 2 is 2.14 bits per heavy atom. The first-order valence-electron chi connectivity index (χ1n) is 13.1. The summed E-state index contributed by atoms with van der Waals surface area (Å²) in [5, 5.41) is 12.3. The first-order chi connectivity index (χ1) is 17.9. The second kappa shape index (κ2) is 10.7. The standard InChI is InChI=1S/C29H36N8/c1-6-19(2)14-23(17-30-3)21-9-7-8-20(15-21)16-25-27-24(34-37(25)5)11-10-22-18-31-29(33-28(22)27)32-26-12-13-36(4)35-26/h7-9,12-15,17-18,26,30,35H,6,10-11,16H2,1-5H3,(H,31,32,33)/p+1/b19-14+,23-17+. The third-order valence-electron chi connectivity index (χ3n) is 7.04. The van der Waals surface area contributed by atoms with Crippen LogP contribution < -0.4 is 16.1 Å². The van der Waals surface area contributed by atoms with Crippen LogP contribution in [-0.2, 0) is 26.3 Å². The SMILES string of the molecule is CC/C(C)=C/C(=C\[NH2+]C)c1cccc(Cc2c3c(nn2C)CCc2cnc(NC4C=CN(C)N4)nc2-3)c1. The van der Waals surface area contributed by atoms with E-state index in [2.05, 4.69) is 78.5 Å². The van der Waals surface area contributed by atoms with Gasteiger partial charge in [-0.1, -0.05) is 42.8 Å². The molecule has 1 aromatic carbocycles. The second-order valence-electron chi connectivity index (χ2n) is 9.84. The minimum atomic E-state index is -0.0322. The van der Waals surface area contributed by atoms with Crippen molar-refractivity contribution in [2.24, 2.45) is 7.05 Å². The summed E-state index contributed by atoms with van der Waals surface area (Å²) < 4.78 is 2.04. The van der Waals surface area contributed by atoms with E-state index >= 15 is 0 Å². The molecule has 5 rings (SSSR count). The third-order valence-corrected chi connectivity index (χ3v) is 7.04. The van der Waals surface area contributed by atoms with E-state index < -0.39 is 0 Å².